The van der Waals surface area contributed by atoms with Crippen molar-refractivity contribution >= 4 is 33.5 Å². The van der Waals surface area contributed by atoms with Gasteiger partial charge in [0.2, 0.25) is 5.88 Å². The summed E-state index contributed by atoms with van der Waals surface area (Å²) in [5.74, 6) is -1.56. The van der Waals surface area contributed by atoms with Crippen LogP contribution < -0.4 is 10.6 Å². The molecule has 0 saturated heterocycles. The molecule has 1 heterocycles. The minimum atomic E-state index is -0.856. The van der Waals surface area contributed by atoms with Crippen molar-refractivity contribution in [3.63, 3.8) is 0 Å². The highest BCUT2D eigenvalue weighted by molar-refractivity contribution is 9.10. The van der Waals surface area contributed by atoms with E-state index in [0.717, 1.165) is 12.1 Å². The molecule has 1 aromatic heterocycles. The Hall–Kier alpha value is -1.89. The van der Waals surface area contributed by atoms with Gasteiger partial charge in [0, 0.05) is 6.07 Å². The van der Waals surface area contributed by atoms with Crippen molar-refractivity contribution < 1.29 is 18.0 Å². The molecule has 94 valence electrons. The quantitative estimate of drug-likeness (QED) is 0.881. The van der Waals surface area contributed by atoms with E-state index in [-0.39, 0.29) is 5.88 Å². The predicted octanol–water partition coefficient (Wildman–Crippen LogP) is 3.96. The number of carbonyl (C=O) groups excluding carboxylic acids is 1. The summed E-state index contributed by atoms with van der Waals surface area (Å²) in [5.41, 5.74) is -0.513. The molecular formula is C11H7BrF2N2O2. The molecule has 0 bridgehead atoms. The maximum absolute atomic E-state index is 13.2. The Morgan fingerprint density at radius 3 is 2.33 bits per heavy atom. The van der Waals surface area contributed by atoms with Gasteiger partial charge in [0.05, 0.1) is 0 Å². The topological polar surface area (TPSA) is 54.3 Å². The molecule has 2 amide bonds. The highest BCUT2D eigenvalue weighted by atomic mass is 79.9. The Balaban J connectivity index is 2.08. The normalized spacial score (nSPS) is 10.2. The number of urea groups is 1. The fourth-order valence-corrected chi connectivity index (χ4v) is 1.56. The molecule has 4 nitrogen and oxygen atoms in total. The average molecular weight is 317 g/mol. The number of benzene rings is 1. The average Bonchev–Trinajstić information content (AvgIpc) is 2.69. The number of para-hydroxylation sites is 1. The highest BCUT2D eigenvalue weighted by Crippen LogP contribution is 2.20. The Bertz CT molecular complexity index is 566. The maximum atomic E-state index is 13.2. The van der Waals surface area contributed by atoms with Crippen LogP contribution in [-0.2, 0) is 0 Å². The maximum Gasteiger partial charge on any atom is 0.326 e. The van der Waals surface area contributed by atoms with Crippen LogP contribution in [0.25, 0.3) is 0 Å². The van der Waals surface area contributed by atoms with E-state index >= 15 is 0 Å². The molecule has 0 aliphatic carbocycles. The van der Waals surface area contributed by atoms with Crippen molar-refractivity contribution in [2.24, 2.45) is 0 Å². The summed E-state index contributed by atoms with van der Waals surface area (Å²) in [6.45, 7) is 0. The summed E-state index contributed by atoms with van der Waals surface area (Å²) in [4.78, 5) is 11.5. The van der Waals surface area contributed by atoms with Crippen LogP contribution >= 0.6 is 15.9 Å². The van der Waals surface area contributed by atoms with Crippen molar-refractivity contribution in [1.29, 1.82) is 0 Å². The van der Waals surface area contributed by atoms with Crippen molar-refractivity contribution in [3.8, 4) is 0 Å². The standard InChI is InChI=1S/C11H7BrF2N2O2/c12-8-4-5-9(18-8)15-11(17)16-10-6(13)2-1-3-7(10)14/h1-5H,(H2,15,16,17). The van der Waals surface area contributed by atoms with Gasteiger partial charge < -0.3 is 9.73 Å². The number of furan rings is 1. The van der Waals surface area contributed by atoms with E-state index in [1.165, 1.54) is 12.1 Å². The number of rotatable bonds is 2. The molecule has 2 N–H and O–H groups in total. The van der Waals surface area contributed by atoms with Crippen molar-refractivity contribution in [1.82, 2.24) is 0 Å². The molecule has 0 unspecified atom stereocenters. The molecule has 18 heavy (non-hydrogen) atoms. The zero-order valence-electron chi connectivity index (χ0n) is 8.84. The highest BCUT2D eigenvalue weighted by Gasteiger charge is 2.12. The molecule has 2 aromatic rings. The second kappa shape index (κ2) is 5.18. The number of amides is 2. The lowest BCUT2D eigenvalue weighted by molar-refractivity contribution is 0.261. The minimum Gasteiger partial charge on any atom is -0.434 e. The van der Waals surface area contributed by atoms with Crippen molar-refractivity contribution in [2.45, 2.75) is 0 Å². The first-order chi connectivity index (χ1) is 8.56. The lowest BCUT2D eigenvalue weighted by Gasteiger charge is -2.07. The first-order valence-corrected chi connectivity index (χ1v) is 5.63. The Morgan fingerprint density at radius 1 is 1.11 bits per heavy atom. The van der Waals surface area contributed by atoms with E-state index in [4.69, 9.17) is 4.42 Å². The van der Waals surface area contributed by atoms with Crippen LogP contribution in [0.1, 0.15) is 0 Å². The van der Waals surface area contributed by atoms with Crippen LogP contribution in [0.4, 0.5) is 25.1 Å². The van der Waals surface area contributed by atoms with Gasteiger partial charge in [-0.15, -0.1) is 0 Å². The van der Waals surface area contributed by atoms with Gasteiger partial charge in [-0.05, 0) is 34.1 Å². The SMILES string of the molecule is O=C(Nc1ccc(Br)o1)Nc1c(F)cccc1F. The van der Waals surface area contributed by atoms with E-state index in [0.29, 0.717) is 4.67 Å². The molecular weight excluding hydrogens is 310 g/mol. The van der Waals surface area contributed by atoms with Crippen LogP contribution in [0.3, 0.4) is 0 Å². The minimum absolute atomic E-state index is 0.149. The molecule has 7 heteroatoms. The van der Waals surface area contributed by atoms with Crippen molar-refractivity contribution in [3.05, 3.63) is 46.6 Å². The lowest BCUT2D eigenvalue weighted by atomic mass is 10.3. The second-order valence-corrected chi connectivity index (χ2v) is 4.06. The van der Waals surface area contributed by atoms with Gasteiger partial charge in [0.1, 0.15) is 17.3 Å². The third kappa shape index (κ3) is 2.86. The molecule has 2 rings (SSSR count). The molecule has 0 saturated carbocycles. The summed E-state index contributed by atoms with van der Waals surface area (Å²) in [6.07, 6.45) is 0. The third-order valence-electron chi connectivity index (χ3n) is 2.01. The van der Waals surface area contributed by atoms with Crippen LogP contribution in [0.2, 0.25) is 0 Å². The summed E-state index contributed by atoms with van der Waals surface area (Å²) in [6, 6.07) is 5.54. The first kappa shape index (κ1) is 12.6. The number of nitrogens with one attached hydrogen (secondary N) is 2. The number of anilines is 2. The van der Waals surface area contributed by atoms with Crippen molar-refractivity contribution in [2.75, 3.05) is 10.6 Å². The predicted molar refractivity (Wildman–Crippen MR) is 65.4 cm³/mol. The Morgan fingerprint density at radius 2 is 1.78 bits per heavy atom. The summed E-state index contributed by atoms with van der Waals surface area (Å²) in [7, 11) is 0. The van der Waals surface area contributed by atoms with Gasteiger partial charge >= 0.3 is 6.03 Å². The van der Waals surface area contributed by atoms with Crippen LogP contribution in [0.5, 0.6) is 0 Å². The van der Waals surface area contributed by atoms with Gasteiger partial charge in [-0.3, -0.25) is 5.32 Å². The number of halogens is 3. The van der Waals surface area contributed by atoms with Crippen LogP contribution in [-0.4, -0.2) is 6.03 Å². The zero-order valence-corrected chi connectivity index (χ0v) is 10.4. The first-order valence-electron chi connectivity index (χ1n) is 4.83. The number of hydrogen-bond acceptors (Lipinski definition) is 2. The van der Waals surface area contributed by atoms with Gasteiger partial charge in [-0.1, -0.05) is 6.07 Å². The molecule has 0 aliphatic rings. The van der Waals surface area contributed by atoms with Gasteiger partial charge in [0.15, 0.2) is 4.67 Å². The molecule has 0 radical (unpaired) electrons. The smallest absolute Gasteiger partial charge is 0.326 e. The molecule has 0 spiro atoms. The van der Waals surface area contributed by atoms with E-state index in [9.17, 15) is 13.6 Å². The summed E-state index contributed by atoms with van der Waals surface area (Å²) in [5, 5.41) is 4.35. The van der Waals surface area contributed by atoms with E-state index < -0.39 is 23.4 Å². The molecule has 1 aromatic carbocycles. The van der Waals surface area contributed by atoms with Gasteiger partial charge in [0.25, 0.3) is 0 Å². The number of carbonyl (C=O) groups is 1. The van der Waals surface area contributed by atoms with Gasteiger partial charge in [-0.25, -0.2) is 13.6 Å². The van der Waals surface area contributed by atoms with Gasteiger partial charge in [-0.2, -0.15) is 0 Å². The molecule has 0 atom stereocenters. The second-order valence-electron chi connectivity index (χ2n) is 3.28. The zero-order chi connectivity index (χ0) is 13.1. The van der Waals surface area contributed by atoms with Crippen LogP contribution in [0, 0.1) is 11.6 Å². The fourth-order valence-electron chi connectivity index (χ4n) is 1.26. The monoisotopic (exact) mass is 316 g/mol. The Labute approximate surface area is 109 Å². The Kier molecular flexibility index (Phi) is 3.61. The third-order valence-corrected chi connectivity index (χ3v) is 2.44. The fraction of sp³-hybridized carbons (Fsp3) is 0. The largest absolute Gasteiger partial charge is 0.434 e. The summed E-state index contributed by atoms with van der Waals surface area (Å²) < 4.78 is 31.9. The van der Waals surface area contributed by atoms with E-state index in [1.54, 1.807) is 6.07 Å². The number of hydrogen-bond donors (Lipinski definition) is 2. The van der Waals surface area contributed by atoms with E-state index in [2.05, 4.69) is 26.6 Å². The lowest BCUT2D eigenvalue weighted by Crippen LogP contribution is -2.20. The summed E-state index contributed by atoms with van der Waals surface area (Å²) >= 11 is 3.05. The molecule has 0 fully saturated rings. The van der Waals surface area contributed by atoms with Crippen LogP contribution in [0.15, 0.2) is 39.4 Å². The van der Waals surface area contributed by atoms with E-state index in [1.807, 2.05) is 0 Å². The molecule has 0 aliphatic heterocycles.